The zero-order valence-electron chi connectivity index (χ0n) is 16.6. The van der Waals surface area contributed by atoms with E-state index in [2.05, 4.69) is 5.32 Å². The van der Waals surface area contributed by atoms with Crippen molar-refractivity contribution >= 4 is 23.2 Å². The molecule has 3 rings (SSSR count). The SMILES string of the molecule is Cc1ccc(C)c([C@@H](NC(=O)COc2ccc(Cl)cc2[N+](=O)[O-])c2ccccc2)c1. The van der Waals surface area contributed by atoms with Gasteiger partial charge < -0.3 is 10.1 Å². The fourth-order valence-electron chi connectivity index (χ4n) is 3.16. The highest BCUT2D eigenvalue weighted by molar-refractivity contribution is 6.30. The van der Waals surface area contributed by atoms with Crippen molar-refractivity contribution in [3.05, 3.63) is 104 Å². The number of amides is 1. The van der Waals surface area contributed by atoms with Crippen molar-refractivity contribution < 1.29 is 14.5 Å². The lowest BCUT2D eigenvalue weighted by molar-refractivity contribution is -0.385. The molecule has 0 bridgehead atoms. The molecule has 0 radical (unpaired) electrons. The van der Waals surface area contributed by atoms with E-state index in [0.29, 0.717) is 0 Å². The molecule has 1 N–H and O–H groups in total. The molecular formula is C23H21ClN2O4. The Hall–Kier alpha value is -3.38. The van der Waals surface area contributed by atoms with E-state index in [1.54, 1.807) is 0 Å². The van der Waals surface area contributed by atoms with Gasteiger partial charge >= 0.3 is 5.69 Å². The van der Waals surface area contributed by atoms with Crippen LogP contribution in [0.1, 0.15) is 28.3 Å². The van der Waals surface area contributed by atoms with E-state index in [0.717, 1.165) is 22.3 Å². The molecule has 1 amide bonds. The molecule has 0 heterocycles. The summed E-state index contributed by atoms with van der Waals surface area (Å²) < 4.78 is 5.43. The van der Waals surface area contributed by atoms with Crippen LogP contribution in [0.25, 0.3) is 0 Å². The molecule has 0 aliphatic carbocycles. The summed E-state index contributed by atoms with van der Waals surface area (Å²) >= 11 is 5.82. The minimum Gasteiger partial charge on any atom is -0.477 e. The summed E-state index contributed by atoms with van der Waals surface area (Å²) in [6.07, 6.45) is 0. The van der Waals surface area contributed by atoms with E-state index in [-0.39, 0.29) is 29.1 Å². The highest BCUT2D eigenvalue weighted by Crippen LogP contribution is 2.30. The Morgan fingerprint density at radius 1 is 1.10 bits per heavy atom. The maximum atomic E-state index is 12.7. The quantitative estimate of drug-likeness (QED) is 0.420. The van der Waals surface area contributed by atoms with Gasteiger partial charge in [-0.05, 0) is 42.7 Å². The molecule has 0 fully saturated rings. The second-order valence-corrected chi connectivity index (χ2v) is 7.37. The number of nitro groups is 1. The number of carbonyl (C=O) groups is 1. The lowest BCUT2D eigenvalue weighted by Gasteiger charge is -2.22. The van der Waals surface area contributed by atoms with E-state index in [1.807, 2.05) is 62.4 Å². The third kappa shape index (κ3) is 5.15. The van der Waals surface area contributed by atoms with Gasteiger partial charge in [-0.2, -0.15) is 0 Å². The van der Waals surface area contributed by atoms with Crippen LogP contribution in [0.4, 0.5) is 5.69 Å². The summed E-state index contributed by atoms with van der Waals surface area (Å²) in [5, 5.41) is 14.4. The highest BCUT2D eigenvalue weighted by Gasteiger charge is 2.21. The summed E-state index contributed by atoms with van der Waals surface area (Å²) in [7, 11) is 0. The standard InChI is InChI=1S/C23H21ClN2O4/c1-15-8-9-16(2)19(12-15)23(17-6-4-3-5-7-17)25-22(27)14-30-21-11-10-18(24)13-20(21)26(28)29/h3-13,23H,14H2,1-2H3,(H,25,27)/t23-/m0/s1. The van der Waals surface area contributed by atoms with Crippen LogP contribution in [0.15, 0.2) is 66.7 Å². The summed E-state index contributed by atoms with van der Waals surface area (Å²) in [5.74, 6) is -0.406. The molecule has 0 aliphatic rings. The van der Waals surface area contributed by atoms with Gasteiger partial charge in [-0.25, -0.2) is 0 Å². The molecule has 7 heteroatoms. The molecule has 154 valence electrons. The zero-order valence-corrected chi connectivity index (χ0v) is 17.3. The number of hydrogen-bond donors (Lipinski definition) is 1. The van der Waals surface area contributed by atoms with Gasteiger partial charge in [0.05, 0.1) is 11.0 Å². The number of nitrogens with zero attached hydrogens (tertiary/aromatic N) is 1. The average Bonchev–Trinajstić information content (AvgIpc) is 2.73. The lowest BCUT2D eigenvalue weighted by atomic mass is 9.93. The van der Waals surface area contributed by atoms with Crippen molar-refractivity contribution in [1.82, 2.24) is 5.32 Å². The van der Waals surface area contributed by atoms with Gasteiger partial charge in [0.25, 0.3) is 5.91 Å². The third-order valence-corrected chi connectivity index (χ3v) is 4.90. The first-order valence-electron chi connectivity index (χ1n) is 9.33. The number of hydrogen-bond acceptors (Lipinski definition) is 4. The monoisotopic (exact) mass is 424 g/mol. The fourth-order valence-corrected chi connectivity index (χ4v) is 3.32. The molecule has 6 nitrogen and oxygen atoms in total. The number of nitro benzene ring substituents is 1. The van der Waals surface area contributed by atoms with Crippen LogP contribution in [0.5, 0.6) is 5.75 Å². The smallest absolute Gasteiger partial charge is 0.312 e. The molecule has 1 atom stereocenters. The second kappa shape index (κ2) is 9.41. The Kier molecular flexibility index (Phi) is 6.69. The average molecular weight is 425 g/mol. The predicted octanol–water partition coefficient (Wildman–Crippen LogP) is 5.15. The Balaban J connectivity index is 1.81. The molecule has 0 saturated heterocycles. The van der Waals surface area contributed by atoms with Gasteiger partial charge in [-0.1, -0.05) is 65.7 Å². The molecule has 3 aromatic carbocycles. The van der Waals surface area contributed by atoms with Gasteiger partial charge in [0.2, 0.25) is 0 Å². The summed E-state index contributed by atoms with van der Waals surface area (Å²) in [4.78, 5) is 23.3. The van der Waals surface area contributed by atoms with E-state index in [1.165, 1.54) is 18.2 Å². The van der Waals surface area contributed by atoms with Crippen LogP contribution in [-0.4, -0.2) is 17.4 Å². The van der Waals surface area contributed by atoms with Crippen molar-refractivity contribution in [3.8, 4) is 5.75 Å². The van der Waals surface area contributed by atoms with Crippen molar-refractivity contribution in [1.29, 1.82) is 0 Å². The summed E-state index contributed by atoms with van der Waals surface area (Å²) in [5.41, 5.74) is 3.75. The molecule has 3 aromatic rings. The first-order chi connectivity index (χ1) is 14.3. The largest absolute Gasteiger partial charge is 0.477 e. The lowest BCUT2D eigenvalue weighted by Crippen LogP contribution is -2.33. The minimum absolute atomic E-state index is 0.0115. The van der Waals surface area contributed by atoms with E-state index < -0.39 is 10.8 Å². The topological polar surface area (TPSA) is 81.5 Å². The van der Waals surface area contributed by atoms with Crippen molar-refractivity contribution in [2.75, 3.05) is 6.61 Å². The van der Waals surface area contributed by atoms with Crippen LogP contribution in [-0.2, 0) is 4.79 Å². The van der Waals surface area contributed by atoms with Crippen LogP contribution in [0.3, 0.4) is 0 Å². The van der Waals surface area contributed by atoms with Gasteiger partial charge in [-0.15, -0.1) is 0 Å². The third-order valence-electron chi connectivity index (χ3n) is 4.66. The van der Waals surface area contributed by atoms with Gasteiger partial charge in [-0.3, -0.25) is 14.9 Å². The molecule has 30 heavy (non-hydrogen) atoms. The molecular weight excluding hydrogens is 404 g/mol. The van der Waals surface area contributed by atoms with Crippen molar-refractivity contribution in [2.24, 2.45) is 0 Å². The molecule has 0 saturated carbocycles. The molecule has 0 unspecified atom stereocenters. The van der Waals surface area contributed by atoms with Gasteiger partial charge in [0, 0.05) is 11.1 Å². The summed E-state index contributed by atoms with van der Waals surface area (Å²) in [6, 6.07) is 19.4. The number of halogens is 1. The second-order valence-electron chi connectivity index (χ2n) is 6.93. The molecule has 0 spiro atoms. The minimum atomic E-state index is -0.595. The van der Waals surface area contributed by atoms with Crippen LogP contribution in [0, 0.1) is 24.0 Å². The number of rotatable bonds is 7. The van der Waals surface area contributed by atoms with Crippen molar-refractivity contribution in [2.45, 2.75) is 19.9 Å². The first-order valence-corrected chi connectivity index (χ1v) is 9.71. The maximum Gasteiger partial charge on any atom is 0.312 e. The maximum absolute atomic E-state index is 12.7. The Morgan fingerprint density at radius 3 is 2.53 bits per heavy atom. The Bertz CT molecular complexity index is 1070. The van der Waals surface area contributed by atoms with E-state index in [9.17, 15) is 14.9 Å². The number of benzene rings is 3. The van der Waals surface area contributed by atoms with E-state index >= 15 is 0 Å². The Morgan fingerprint density at radius 2 is 1.83 bits per heavy atom. The first kappa shape index (κ1) is 21.3. The van der Waals surface area contributed by atoms with Gasteiger partial charge in [0.15, 0.2) is 12.4 Å². The zero-order chi connectivity index (χ0) is 21.7. The predicted molar refractivity (Wildman–Crippen MR) is 116 cm³/mol. The number of aryl methyl sites for hydroxylation is 2. The number of ether oxygens (including phenoxy) is 1. The van der Waals surface area contributed by atoms with Crippen LogP contribution < -0.4 is 10.1 Å². The molecule has 0 aromatic heterocycles. The van der Waals surface area contributed by atoms with Crippen molar-refractivity contribution in [3.63, 3.8) is 0 Å². The Labute approximate surface area is 179 Å². The number of nitrogens with one attached hydrogen (secondary N) is 1. The fraction of sp³-hybridized carbons (Fsp3) is 0.174. The highest BCUT2D eigenvalue weighted by atomic mass is 35.5. The van der Waals surface area contributed by atoms with Gasteiger partial charge in [0.1, 0.15) is 0 Å². The van der Waals surface area contributed by atoms with Crippen LogP contribution in [0.2, 0.25) is 5.02 Å². The normalized spacial score (nSPS) is 11.6. The van der Waals surface area contributed by atoms with E-state index in [4.69, 9.17) is 16.3 Å². The summed E-state index contributed by atoms with van der Waals surface area (Å²) in [6.45, 7) is 3.62. The molecule has 0 aliphatic heterocycles. The van der Waals surface area contributed by atoms with Crippen LogP contribution >= 0.6 is 11.6 Å². The number of carbonyl (C=O) groups excluding carboxylic acids is 1.